The molecule has 1 fully saturated rings. The van der Waals surface area contributed by atoms with Gasteiger partial charge in [0.15, 0.2) is 0 Å². The molecule has 1 saturated heterocycles. The van der Waals surface area contributed by atoms with Crippen LogP contribution >= 0.6 is 0 Å². The van der Waals surface area contributed by atoms with Crippen LogP contribution in [0.1, 0.15) is 19.8 Å². The van der Waals surface area contributed by atoms with Gasteiger partial charge in [0, 0.05) is 26.2 Å². The molecule has 0 aromatic carbocycles. The molecule has 64 valence electrons. The van der Waals surface area contributed by atoms with E-state index < -0.39 is 0 Å². The van der Waals surface area contributed by atoms with Crippen LogP contribution in [0.4, 0.5) is 0 Å². The van der Waals surface area contributed by atoms with Gasteiger partial charge in [-0.05, 0) is 12.6 Å². The molecule has 1 heterocycles. The van der Waals surface area contributed by atoms with Crippen molar-refractivity contribution in [2.45, 2.75) is 19.8 Å². The van der Waals surface area contributed by atoms with Gasteiger partial charge in [0.2, 0.25) is 0 Å². The molecule has 1 aliphatic rings. The summed E-state index contributed by atoms with van der Waals surface area (Å²) in [6.45, 7) is 6.81. The number of rotatable bonds is 3. The Morgan fingerprint density at radius 2 is 2.09 bits per heavy atom. The first-order valence-electron chi connectivity index (χ1n) is 4.55. The highest BCUT2D eigenvalue weighted by molar-refractivity contribution is 4.84. The maximum absolute atomic E-state index is 3.33. The van der Waals surface area contributed by atoms with E-state index in [4.69, 9.17) is 0 Å². The van der Waals surface area contributed by atoms with Gasteiger partial charge in [-0.2, -0.15) is 0 Å². The zero-order valence-corrected chi connectivity index (χ0v) is 7.34. The molecule has 0 aromatic heterocycles. The van der Waals surface area contributed by atoms with E-state index in [0.717, 1.165) is 13.1 Å². The van der Waals surface area contributed by atoms with Crippen molar-refractivity contribution in [2.75, 3.05) is 26.2 Å². The molecule has 0 spiro atoms. The molecule has 0 amide bonds. The average Bonchev–Trinajstić information content (AvgIpc) is 2.07. The molecule has 2 nitrogen and oxygen atoms in total. The first-order valence-corrected chi connectivity index (χ1v) is 4.55. The molecule has 0 saturated carbocycles. The van der Waals surface area contributed by atoms with Crippen molar-refractivity contribution < 1.29 is 0 Å². The highest BCUT2D eigenvalue weighted by Gasteiger charge is 2.02. The van der Waals surface area contributed by atoms with Crippen molar-refractivity contribution in [2.24, 2.45) is 0 Å². The minimum atomic E-state index is 1.14. The molecule has 0 radical (unpaired) electrons. The molecular weight excluding hydrogens is 136 g/mol. The summed E-state index contributed by atoms with van der Waals surface area (Å²) in [7, 11) is 0. The van der Waals surface area contributed by atoms with Crippen LogP contribution in [0.5, 0.6) is 0 Å². The second-order valence-electron chi connectivity index (χ2n) is 2.96. The molecule has 0 aromatic rings. The summed E-state index contributed by atoms with van der Waals surface area (Å²) in [5.41, 5.74) is 0. The van der Waals surface area contributed by atoms with E-state index in [1.54, 1.807) is 0 Å². The predicted molar refractivity (Wildman–Crippen MR) is 48.5 cm³/mol. The largest absolute Gasteiger partial charge is 0.375 e. The van der Waals surface area contributed by atoms with Crippen LogP contribution in [-0.2, 0) is 0 Å². The third-order valence-electron chi connectivity index (χ3n) is 1.92. The molecule has 0 unspecified atom stereocenters. The van der Waals surface area contributed by atoms with E-state index in [2.05, 4.69) is 29.4 Å². The van der Waals surface area contributed by atoms with E-state index >= 15 is 0 Å². The van der Waals surface area contributed by atoms with Crippen molar-refractivity contribution in [3.8, 4) is 0 Å². The third kappa shape index (κ3) is 3.42. The number of nitrogens with zero attached hydrogens (tertiary/aromatic N) is 1. The zero-order chi connectivity index (χ0) is 7.94. The fourth-order valence-corrected chi connectivity index (χ4v) is 1.22. The Labute approximate surface area is 69.3 Å². The molecule has 11 heavy (non-hydrogen) atoms. The van der Waals surface area contributed by atoms with Crippen molar-refractivity contribution in [3.63, 3.8) is 0 Å². The van der Waals surface area contributed by atoms with Gasteiger partial charge in [-0.15, -0.1) is 0 Å². The van der Waals surface area contributed by atoms with E-state index in [9.17, 15) is 0 Å². The Morgan fingerprint density at radius 1 is 1.36 bits per heavy atom. The van der Waals surface area contributed by atoms with Crippen LogP contribution < -0.4 is 5.32 Å². The fraction of sp³-hybridized carbons (Fsp3) is 0.778. The Hall–Kier alpha value is -0.500. The summed E-state index contributed by atoms with van der Waals surface area (Å²) < 4.78 is 0. The maximum Gasteiger partial charge on any atom is 0.0298 e. The van der Waals surface area contributed by atoms with Crippen molar-refractivity contribution in [1.29, 1.82) is 0 Å². The van der Waals surface area contributed by atoms with Gasteiger partial charge in [-0.1, -0.05) is 19.4 Å². The number of unbranched alkanes of at least 4 members (excludes halogenated alkanes) is 1. The lowest BCUT2D eigenvalue weighted by atomic mass is 10.3. The molecule has 0 atom stereocenters. The lowest BCUT2D eigenvalue weighted by Crippen LogP contribution is -2.40. The molecule has 2 heteroatoms. The van der Waals surface area contributed by atoms with Crippen molar-refractivity contribution in [1.82, 2.24) is 10.2 Å². The zero-order valence-electron chi connectivity index (χ0n) is 7.34. The SMILES string of the molecule is CCC/C=C/N1CCNCC1. The first-order chi connectivity index (χ1) is 5.43. The fourth-order valence-electron chi connectivity index (χ4n) is 1.22. The number of piperazine rings is 1. The number of nitrogens with one attached hydrogen (secondary N) is 1. The number of hydrogen-bond donors (Lipinski definition) is 1. The second-order valence-corrected chi connectivity index (χ2v) is 2.96. The van der Waals surface area contributed by atoms with Gasteiger partial charge in [0.25, 0.3) is 0 Å². The van der Waals surface area contributed by atoms with E-state index in [-0.39, 0.29) is 0 Å². The van der Waals surface area contributed by atoms with Gasteiger partial charge < -0.3 is 10.2 Å². The molecule has 1 N–H and O–H groups in total. The van der Waals surface area contributed by atoms with Gasteiger partial charge in [0.1, 0.15) is 0 Å². The Kier molecular flexibility index (Phi) is 4.06. The van der Waals surface area contributed by atoms with Gasteiger partial charge >= 0.3 is 0 Å². The summed E-state index contributed by atoms with van der Waals surface area (Å²) in [6.07, 6.45) is 6.97. The molecule has 0 aliphatic carbocycles. The summed E-state index contributed by atoms with van der Waals surface area (Å²) in [6, 6.07) is 0. The molecular formula is C9H18N2. The van der Waals surface area contributed by atoms with E-state index in [0.29, 0.717) is 0 Å². The Bertz CT molecular complexity index is 115. The van der Waals surface area contributed by atoms with Crippen LogP contribution in [0.15, 0.2) is 12.3 Å². The normalized spacial score (nSPS) is 19.5. The van der Waals surface area contributed by atoms with Crippen LogP contribution in [0, 0.1) is 0 Å². The van der Waals surface area contributed by atoms with E-state index in [1.807, 2.05) is 0 Å². The summed E-state index contributed by atoms with van der Waals surface area (Å²) in [5, 5.41) is 3.33. The second kappa shape index (κ2) is 5.19. The lowest BCUT2D eigenvalue weighted by Gasteiger charge is -2.25. The molecule has 1 aliphatic heterocycles. The van der Waals surface area contributed by atoms with Gasteiger partial charge in [-0.25, -0.2) is 0 Å². The summed E-state index contributed by atoms with van der Waals surface area (Å²) >= 11 is 0. The summed E-state index contributed by atoms with van der Waals surface area (Å²) in [5.74, 6) is 0. The quantitative estimate of drug-likeness (QED) is 0.657. The topological polar surface area (TPSA) is 15.3 Å². The first kappa shape index (κ1) is 8.60. The van der Waals surface area contributed by atoms with Gasteiger partial charge in [-0.3, -0.25) is 0 Å². The summed E-state index contributed by atoms with van der Waals surface area (Å²) in [4.78, 5) is 2.38. The highest BCUT2D eigenvalue weighted by atomic mass is 15.2. The molecule has 0 bridgehead atoms. The highest BCUT2D eigenvalue weighted by Crippen LogP contribution is 1.95. The minimum absolute atomic E-state index is 1.14. The minimum Gasteiger partial charge on any atom is -0.375 e. The van der Waals surface area contributed by atoms with Crippen molar-refractivity contribution >= 4 is 0 Å². The van der Waals surface area contributed by atoms with E-state index in [1.165, 1.54) is 25.9 Å². The molecule has 1 rings (SSSR count). The average molecular weight is 154 g/mol. The van der Waals surface area contributed by atoms with Crippen molar-refractivity contribution in [3.05, 3.63) is 12.3 Å². The smallest absolute Gasteiger partial charge is 0.0298 e. The number of hydrogen-bond acceptors (Lipinski definition) is 2. The predicted octanol–water partition coefficient (Wildman–Crippen LogP) is 1.21. The standard InChI is InChI=1S/C9H18N2/c1-2-3-4-7-11-8-5-10-6-9-11/h4,7,10H,2-3,5-6,8-9H2,1H3/b7-4+. The Balaban J connectivity index is 2.13. The van der Waals surface area contributed by atoms with Crippen LogP contribution in [-0.4, -0.2) is 31.1 Å². The van der Waals surface area contributed by atoms with Crippen LogP contribution in [0.25, 0.3) is 0 Å². The number of allylic oxidation sites excluding steroid dienone is 1. The van der Waals surface area contributed by atoms with Gasteiger partial charge in [0.05, 0.1) is 0 Å². The maximum atomic E-state index is 3.33. The Morgan fingerprint density at radius 3 is 2.73 bits per heavy atom. The van der Waals surface area contributed by atoms with Crippen LogP contribution in [0.2, 0.25) is 0 Å². The lowest BCUT2D eigenvalue weighted by molar-refractivity contribution is 0.323. The third-order valence-corrected chi connectivity index (χ3v) is 1.92. The monoisotopic (exact) mass is 154 g/mol. The van der Waals surface area contributed by atoms with Crippen LogP contribution in [0.3, 0.4) is 0 Å².